The molecule has 156 valence electrons. The van der Waals surface area contributed by atoms with Gasteiger partial charge in [-0.05, 0) is 95.3 Å². The van der Waals surface area contributed by atoms with Gasteiger partial charge in [0.2, 0.25) is 0 Å². The van der Waals surface area contributed by atoms with Gasteiger partial charge in [0.05, 0.1) is 0 Å². The molecule has 0 radical (unpaired) electrons. The average molecular weight is 391 g/mol. The van der Waals surface area contributed by atoms with Gasteiger partial charge < -0.3 is 0 Å². The molecule has 0 heterocycles. The highest BCUT2D eigenvalue weighted by molar-refractivity contribution is 6.02. The zero-order valence-electron chi connectivity index (χ0n) is 19.1. The van der Waals surface area contributed by atoms with E-state index in [2.05, 4.69) is 53.7 Å². The molecule has 1 heteroatoms. The summed E-state index contributed by atoms with van der Waals surface area (Å²) in [5, 5.41) is 0. The first-order valence-corrected chi connectivity index (χ1v) is 12.1. The van der Waals surface area contributed by atoms with Crippen molar-refractivity contribution < 1.29 is 4.79 Å². The molecule has 1 nitrogen and oxygen atoms in total. The van der Waals surface area contributed by atoms with Gasteiger partial charge in [-0.1, -0.05) is 65.3 Å². The van der Waals surface area contributed by atoms with Gasteiger partial charge in [-0.25, -0.2) is 0 Å². The molecule has 5 aliphatic rings. The van der Waals surface area contributed by atoms with Crippen LogP contribution in [0, 0.1) is 58.7 Å². The predicted octanol–water partition coefficient (Wildman–Crippen LogP) is 6.78. The van der Waals surface area contributed by atoms with Crippen LogP contribution in [0.5, 0.6) is 0 Å². The Hall–Kier alpha value is -1.37. The molecule has 3 saturated carbocycles. The van der Waals surface area contributed by atoms with E-state index in [0.717, 1.165) is 41.4 Å². The topological polar surface area (TPSA) is 17.1 Å². The number of carbonyl (C=O) groups excluding carboxylic acids is 1. The lowest BCUT2D eigenvalue weighted by Crippen LogP contribution is -2.60. The fraction of sp³-hybridized carbons (Fsp3) is 0.679. The van der Waals surface area contributed by atoms with Gasteiger partial charge in [0.25, 0.3) is 0 Å². The molecule has 0 spiro atoms. The van der Waals surface area contributed by atoms with E-state index in [1.54, 1.807) is 11.6 Å². The Morgan fingerprint density at radius 1 is 0.931 bits per heavy atom. The fourth-order valence-corrected chi connectivity index (χ4v) is 8.70. The van der Waals surface area contributed by atoms with E-state index >= 15 is 0 Å². The van der Waals surface area contributed by atoms with Crippen LogP contribution in [-0.4, -0.2) is 5.78 Å². The van der Waals surface area contributed by atoms with Gasteiger partial charge >= 0.3 is 0 Å². The van der Waals surface area contributed by atoms with Crippen molar-refractivity contribution in [2.24, 2.45) is 58.7 Å². The van der Waals surface area contributed by atoms with Gasteiger partial charge in [0.1, 0.15) is 0 Å². The normalized spacial score (nSPS) is 51.0. The third kappa shape index (κ3) is 2.55. The highest BCUT2D eigenvalue weighted by Gasteiger charge is 2.60. The molecule has 0 aromatic heterocycles. The second-order valence-electron chi connectivity index (χ2n) is 11.4. The highest BCUT2D eigenvalue weighted by Crippen LogP contribution is 2.67. The van der Waals surface area contributed by atoms with Crippen molar-refractivity contribution >= 4 is 5.78 Å². The lowest BCUT2D eigenvalue weighted by molar-refractivity contribution is -0.160. The van der Waals surface area contributed by atoms with Crippen LogP contribution in [0.3, 0.4) is 0 Å². The minimum absolute atomic E-state index is 0.169. The Morgan fingerprint density at radius 2 is 1.69 bits per heavy atom. The summed E-state index contributed by atoms with van der Waals surface area (Å²) in [5.41, 5.74) is 4.69. The molecule has 3 fully saturated rings. The molecule has 10 atom stereocenters. The summed E-state index contributed by atoms with van der Waals surface area (Å²) in [6.07, 6.45) is 14.3. The van der Waals surface area contributed by atoms with Gasteiger partial charge in [0, 0.05) is 5.92 Å². The first-order valence-electron chi connectivity index (χ1n) is 12.1. The molecule has 5 aliphatic carbocycles. The number of carbonyl (C=O) groups is 1. The van der Waals surface area contributed by atoms with E-state index in [-0.39, 0.29) is 5.78 Å². The van der Waals surface area contributed by atoms with E-state index in [4.69, 9.17) is 0 Å². The molecule has 10 unspecified atom stereocenters. The molecule has 0 aliphatic heterocycles. The van der Waals surface area contributed by atoms with Crippen LogP contribution >= 0.6 is 0 Å². The maximum Gasteiger partial charge on any atom is 0.178 e. The largest absolute Gasteiger partial charge is 0.290 e. The van der Waals surface area contributed by atoms with Crippen LogP contribution in [0.1, 0.15) is 60.8 Å². The van der Waals surface area contributed by atoms with Gasteiger partial charge in [0.15, 0.2) is 5.78 Å². The summed E-state index contributed by atoms with van der Waals surface area (Å²) in [4.78, 5) is 12.1. The van der Waals surface area contributed by atoms with Gasteiger partial charge in [-0.3, -0.25) is 4.79 Å². The first-order chi connectivity index (χ1) is 13.7. The summed E-state index contributed by atoms with van der Waals surface area (Å²) in [6.45, 7) is 15.4. The molecule has 0 bridgehead atoms. The van der Waals surface area contributed by atoms with Crippen LogP contribution in [0.2, 0.25) is 0 Å². The molecular formula is C28H38O. The predicted molar refractivity (Wildman–Crippen MR) is 120 cm³/mol. The lowest BCUT2D eigenvalue weighted by atomic mass is 9.39. The molecule has 0 amide bonds. The number of fused-ring (bicyclic) bond motifs is 7. The van der Waals surface area contributed by atoms with Crippen molar-refractivity contribution in [1.29, 1.82) is 0 Å². The van der Waals surface area contributed by atoms with E-state index in [1.807, 2.05) is 12.2 Å². The minimum Gasteiger partial charge on any atom is -0.290 e. The summed E-state index contributed by atoms with van der Waals surface area (Å²) in [5.74, 6) is 6.97. The van der Waals surface area contributed by atoms with E-state index in [1.165, 1.54) is 30.4 Å². The van der Waals surface area contributed by atoms with Crippen LogP contribution in [0.4, 0.5) is 0 Å². The Bertz CT molecular complexity index is 854. The summed E-state index contributed by atoms with van der Waals surface area (Å²) in [6, 6.07) is 0. The zero-order valence-corrected chi connectivity index (χ0v) is 19.1. The number of hydrogen-bond donors (Lipinski definition) is 0. The third-order valence-electron chi connectivity index (χ3n) is 10.9. The fourth-order valence-electron chi connectivity index (χ4n) is 8.70. The molecule has 5 rings (SSSR count). The van der Waals surface area contributed by atoms with Gasteiger partial charge in [-0.2, -0.15) is 0 Å². The van der Waals surface area contributed by atoms with E-state index < -0.39 is 0 Å². The van der Waals surface area contributed by atoms with Crippen molar-refractivity contribution in [2.45, 2.75) is 60.8 Å². The molecule has 0 saturated heterocycles. The van der Waals surface area contributed by atoms with Crippen molar-refractivity contribution in [3.8, 4) is 0 Å². The minimum atomic E-state index is 0.169. The Morgan fingerprint density at radius 3 is 2.45 bits per heavy atom. The van der Waals surface area contributed by atoms with Crippen molar-refractivity contribution in [1.82, 2.24) is 0 Å². The number of ketones is 1. The third-order valence-corrected chi connectivity index (χ3v) is 10.9. The summed E-state index contributed by atoms with van der Waals surface area (Å²) < 4.78 is 0. The molecule has 0 N–H and O–H groups in total. The Kier molecular flexibility index (Phi) is 4.43. The van der Waals surface area contributed by atoms with Crippen LogP contribution in [0.25, 0.3) is 0 Å². The van der Waals surface area contributed by atoms with E-state index in [9.17, 15) is 4.79 Å². The quantitative estimate of drug-likeness (QED) is 0.445. The van der Waals surface area contributed by atoms with E-state index in [0.29, 0.717) is 17.3 Å². The second kappa shape index (κ2) is 6.56. The van der Waals surface area contributed by atoms with Crippen molar-refractivity contribution in [2.75, 3.05) is 0 Å². The second-order valence-corrected chi connectivity index (χ2v) is 11.4. The Labute approximate surface area is 177 Å². The van der Waals surface area contributed by atoms with Crippen molar-refractivity contribution in [3.05, 3.63) is 47.1 Å². The standard InChI is InChI=1S/C28H38O/c1-15-13-26-23-10-8-20-7-9-21(29)14-25(20)22(23)11-12-24(26)27-18(4)16(2)17(3)19(5)28(15,27)6/h7-10,14-19,22,24,26-27H,11-13H2,1-6H3. The smallest absolute Gasteiger partial charge is 0.178 e. The Balaban J connectivity index is 1.56. The zero-order chi connectivity index (χ0) is 20.7. The molecular weight excluding hydrogens is 352 g/mol. The average Bonchev–Trinajstić information content (AvgIpc) is 2.71. The molecule has 0 aromatic rings. The van der Waals surface area contributed by atoms with Gasteiger partial charge in [-0.15, -0.1) is 0 Å². The number of allylic oxidation sites excluding steroid dienone is 8. The monoisotopic (exact) mass is 390 g/mol. The maximum absolute atomic E-state index is 12.1. The first kappa shape index (κ1) is 19.6. The highest BCUT2D eigenvalue weighted by atomic mass is 16.1. The van der Waals surface area contributed by atoms with Crippen LogP contribution < -0.4 is 0 Å². The summed E-state index contributed by atoms with van der Waals surface area (Å²) in [7, 11) is 0. The summed E-state index contributed by atoms with van der Waals surface area (Å²) >= 11 is 0. The lowest BCUT2D eigenvalue weighted by Gasteiger charge is -2.66. The maximum atomic E-state index is 12.1. The number of hydrogen-bond acceptors (Lipinski definition) is 1. The van der Waals surface area contributed by atoms with Crippen LogP contribution in [-0.2, 0) is 4.79 Å². The van der Waals surface area contributed by atoms with Crippen molar-refractivity contribution in [3.63, 3.8) is 0 Å². The number of rotatable bonds is 0. The molecule has 0 aromatic carbocycles. The molecule has 29 heavy (non-hydrogen) atoms. The SMILES string of the molecule is CC1C(C)C(C)C2(C)C(C)CC3C4=CC=C5C=CC(=O)C=C5C4CCC3C2C1C. The van der Waals surface area contributed by atoms with Crippen LogP contribution in [0.15, 0.2) is 47.1 Å².